The second-order valence-corrected chi connectivity index (χ2v) is 8.64. The lowest BCUT2D eigenvalue weighted by Gasteiger charge is -2.14. The number of hydrogen-bond donors (Lipinski definition) is 3. The van der Waals surface area contributed by atoms with Crippen molar-refractivity contribution >= 4 is 23.2 Å². The van der Waals surface area contributed by atoms with Crippen LogP contribution in [0.1, 0.15) is 49.2 Å². The molecule has 0 aliphatic heterocycles. The first-order valence-corrected chi connectivity index (χ1v) is 11.6. The summed E-state index contributed by atoms with van der Waals surface area (Å²) >= 11 is 0. The lowest BCUT2D eigenvalue weighted by molar-refractivity contribution is -0.114. The third-order valence-electron chi connectivity index (χ3n) is 5.33. The van der Waals surface area contributed by atoms with E-state index in [1.807, 2.05) is 61.5 Å². The maximum absolute atomic E-state index is 12.5. The molecule has 6 nitrogen and oxygen atoms in total. The Morgan fingerprint density at radius 2 is 1.59 bits per heavy atom. The van der Waals surface area contributed by atoms with Crippen molar-refractivity contribution in [2.45, 2.75) is 33.2 Å². The predicted molar refractivity (Wildman–Crippen MR) is 137 cm³/mol. The molecule has 3 aromatic carbocycles. The van der Waals surface area contributed by atoms with E-state index in [0.29, 0.717) is 23.8 Å². The molecule has 6 heteroatoms. The molecular weight excluding hydrogens is 426 g/mol. The number of carbonyl (C=O) groups excluding carboxylic acids is 2. The summed E-state index contributed by atoms with van der Waals surface area (Å²) in [6.45, 7) is 7.05. The number of rotatable bonds is 11. The topological polar surface area (TPSA) is 79.5 Å². The number of anilines is 2. The lowest BCUT2D eigenvalue weighted by atomic mass is 10.1. The molecule has 3 rings (SSSR count). The van der Waals surface area contributed by atoms with Crippen LogP contribution in [0.3, 0.4) is 0 Å². The van der Waals surface area contributed by atoms with Gasteiger partial charge in [-0.1, -0.05) is 50.2 Å². The van der Waals surface area contributed by atoms with Gasteiger partial charge < -0.3 is 20.7 Å². The van der Waals surface area contributed by atoms with Crippen molar-refractivity contribution in [3.8, 4) is 5.75 Å². The molecule has 0 spiro atoms. The standard InChI is InChI=1S/C28H33N3O3/c1-20(2)16-17-34-26-11-7-10-25(18-26)29-19-27(32)31-24-14-12-23(13-15-24)28(33)30-21(3)22-8-5-4-6-9-22/h4-15,18,20-21,29H,16-17,19H2,1-3H3,(H,30,33)(H,31,32). The van der Waals surface area contributed by atoms with Gasteiger partial charge in [-0.3, -0.25) is 9.59 Å². The molecule has 34 heavy (non-hydrogen) atoms. The molecule has 0 bridgehead atoms. The quantitative estimate of drug-likeness (QED) is 0.346. The monoisotopic (exact) mass is 459 g/mol. The normalized spacial score (nSPS) is 11.5. The van der Waals surface area contributed by atoms with E-state index in [9.17, 15) is 9.59 Å². The molecule has 0 radical (unpaired) electrons. The Balaban J connectivity index is 1.46. The van der Waals surface area contributed by atoms with Crippen LogP contribution in [-0.2, 0) is 4.79 Å². The molecule has 3 aromatic rings. The van der Waals surface area contributed by atoms with Crippen molar-refractivity contribution in [2.75, 3.05) is 23.8 Å². The van der Waals surface area contributed by atoms with Gasteiger partial charge in [0.25, 0.3) is 5.91 Å². The van der Waals surface area contributed by atoms with Crippen LogP contribution in [0.2, 0.25) is 0 Å². The van der Waals surface area contributed by atoms with Crippen LogP contribution in [0.15, 0.2) is 78.9 Å². The summed E-state index contributed by atoms with van der Waals surface area (Å²) in [5.41, 5.74) is 3.02. The summed E-state index contributed by atoms with van der Waals surface area (Å²) in [4.78, 5) is 24.9. The molecule has 0 heterocycles. The average Bonchev–Trinajstić information content (AvgIpc) is 2.84. The van der Waals surface area contributed by atoms with Gasteiger partial charge in [0.05, 0.1) is 19.2 Å². The Bertz CT molecular complexity index is 1070. The number of ether oxygens (including phenoxy) is 1. The highest BCUT2D eigenvalue weighted by Crippen LogP contribution is 2.18. The zero-order valence-electron chi connectivity index (χ0n) is 20.0. The third-order valence-corrected chi connectivity index (χ3v) is 5.33. The number of amides is 2. The van der Waals surface area contributed by atoms with Crippen molar-refractivity contribution < 1.29 is 14.3 Å². The van der Waals surface area contributed by atoms with Gasteiger partial charge in [0.2, 0.25) is 5.91 Å². The van der Waals surface area contributed by atoms with Crippen LogP contribution < -0.4 is 20.7 Å². The van der Waals surface area contributed by atoms with E-state index in [0.717, 1.165) is 23.4 Å². The maximum Gasteiger partial charge on any atom is 0.251 e. The van der Waals surface area contributed by atoms with E-state index in [2.05, 4.69) is 29.8 Å². The first kappa shape index (κ1) is 24.8. The summed E-state index contributed by atoms with van der Waals surface area (Å²) in [5, 5.41) is 8.94. The van der Waals surface area contributed by atoms with Gasteiger partial charge >= 0.3 is 0 Å². The lowest BCUT2D eigenvalue weighted by Crippen LogP contribution is -2.26. The number of carbonyl (C=O) groups is 2. The smallest absolute Gasteiger partial charge is 0.251 e. The third kappa shape index (κ3) is 7.96. The Kier molecular flexibility index (Phi) is 9.09. The van der Waals surface area contributed by atoms with Crippen molar-refractivity contribution in [3.63, 3.8) is 0 Å². The predicted octanol–water partition coefficient (Wildman–Crippen LogP) is 5.65. The Labute approximate surface area is 201 Å². The van der Waals surface area contributed by atoms with Crippen LogP contribution in [0.4, 0.5) is 11.4 Å². The van der Waals surface area contributed by atoms with Crippen LogP contribution in [-0.4, -0.2) is 25.0 Å². The largest absolute Gasteiger partial charge is 0.494 e. The maximum atomic E-state index is 12.5. The molecule has 0 aromatic heterocycles. The Morgan fingerprint density at radius 3 is 2.29 bits per heavy atom. The van der Waals surface area contributed by atoms with Gasteiger partial charge in [0, 0.05) is 23.0 Å². The van der Waals surface area contributed by atoms with E-state index in [-0.39, 0.29) is 24.4 Å². The highest BCUT2D eigenvalue weighted by atomic mass is 16.5. The second kappa shape index (κ2) is 12.4. The van der Waals surface area contributed by atoms with Crippen molar-refractivity contribution in [3.05, 3.63) is 90.0 Å². The Hall–Kier alpha value is -3.80. The summed E-state index contributed by atoms with van der Waals surface area (Å²) in [6, 6.07) is 24.1. The summed E-state index contributed by atoms with van der Waals surface area (Å²) in [6.07, 6.45) is 0.993. The van der Waals surface area contributed by atoms with E-state index in [4.69, 9.17) is 4.74 Å². The van der Waals surface area contributed by atoms with Gasteiger partial charge in [-0.2, -0.15) is 0 Å². The van der Waals surface area contributed by atoms with Crippen molar-refractivity contribution in [1.82, 2.24) is 5.32 Å². The molecule has 178 valence electrons. The Morgan fingerprint density at radius 1 is 0.853 bits per heavy atom. The minimum absolute atomic E-state index is 0.0988. The van der Waals surface area contributed by atoms with Gasteiger partial charge in [-0.25, -0.2) is 0 Å². The molecule has 2 amide bonds. The van der Waals surface area contributed by atoms with Crippen LogP contribution >= 0.6 is 0 Å². The fourth-order valence-electron chi connectivity index (χ4n) is 3.31. The highest BCUT2D eigenvalue weighted by molar-refractivity contribution is 5.96. The molecule has 0 aliphatic carbocycles. The SMILES string of the molecule is CC(C)CCOc1cccc(NCC(=O)Nc2ccc(C(=O)NC(C)c3ccccc3)cc2)c1. The first-order chi connectivity index (χ1) is 16.4. The average molecular weight is 460 g/mol. The first-order valence-electron chi connectivity index (χ1n) is 11.6. The number of nitrogens with one attached hydrogen (secondary N) is 3. The van der Waals surface area contributed by atoms with Crippen LogP contribution in [0.25, 0.3) is 0 Å². The van der Waals surface area contributed by atoms with E-state index >= 15 is 0 Å². The van der Waals surface area contributed by atoms with Gasteiger partial charge in [-0.15, -0.1) is 0 Å². The molecule has 0 fully saturated rings. The number of benzene rings is 3. The van der Waals surface area contributed by atoms with Gasteiger partial charge in [0.1, 0.15) is 5.75 Å². The summed E-state index contributed by atoms with van der Waals surface area (Å²) in [7, 11) is 0. The fraction of sp³-hybridized carbons (Fsp3) is 0.286. The molecule has 1 unspecified atom stereocenters. The van der Waals surface area contributed by atoms with Gasteiger partial charge in [-0.05, 0) is 61.2 Å². The van der Waals surface area contributed by atoms with Crippen LogP contribution in [0.5, 0.6) is 5.75 Å². The summed E-state index contributed by atoms with van der Waals surface area (Å²) in [5.74, 6) is 1.03. The number of hydrogen-bond acceptors (Lipinski definition) is 4. The highest BCUT2D eigenvalue weighted by Gasteiger charge is 2.11. The van der Waals surface area contributed by atoms with E-state index < -0.39 is 0 Å². The molecular formula is C28H33N3O3. The fourth-order valence-corrected chi connectivity index (χ4v) is 3.31. The minimum Gasteiger partial charge on any atom is -0.494 e. The van der Waals surface area contributed by atoms with Crippen LogP contribution in [0, 0.1) is 5.92 Å². The van der Waals surface area contributed by atoms with Crippen molar-refractivity contribution in [2.24, 2.45) is 5.92 Å². The van der Waals surface area contributed by atoms with Gasteiger partial charge in [0.15, 0.2) is 0 Å². The zero-order chi connectivity index (χ0) is 24.3. The van der Waals surface area contributed by atoms with Crippen molar-refractivity contribution in [1.29, 1.82) is 0 Å². The molecule has 0 saturated heterocycles. The van der Waals surface area contributed by atoms with E-state index in [1.165, 1.54) is 0 Å². The van der Waals surface area contributed by atoms with E-state index in [1.54, 1.807) is 24.3 Å². The molecule has 3 N–H and O–H groups in total. The second-order valence-electron chi connectivity index (χ2n) is 8.64. The summed E-state index contributed by atoms with van der Waals surface area (Å²) < 4.78 is 5.77. The molecule has 0 saturated carbocycles. The molecule has 0 aliphatic rings. The minimum atomic E-state index is -0.180. The zero-order valence-corrected chi connectivity index (χ0v) is 20.0. The molecule has 1 atom stereocenters.